The second-order valence-corrected chi connectivity index (χ2v) is 9.78. The van der Waals surface area contributed by atoms with Crippen LogP contribution < -0.4 is 4.74 Å². The van der Waals surface area contributed by atoms with Crippen molar-refractivity contribution < 1.29 is 17.9 Å². The largest absolute Gasteiger partial charge is 0.493 e. The van der Waals surface area contributed by atoms with Crippen LogP contribution in [0.25, 0.3) is 10.9 Å². The molecule has 2 aromatic rings. The van der Waals surface area contributed by atoms with Crippen molar-refractivity contribution in [1.82, 2.24) is 14.9 Å². The lowest BCUT2D eigenvalue weighted by molar-refractivity contribution is 0.218. The van der Waals surface area contributed by atoms with E-state index in [2.05, 4.69) is 14.9 Å². The van der Waals surface area contributed by atoms with Gasteiger partial charge in [0.25, 0.3) is 0 Å². The molecule has 7 nitrogen and oxygen atoms in total. The van der Waals surface area contributed by atoms with Gasteiger partial charge in [-0.3, -0.25) is 0 Å². The molecule has 9 heteroatoms. The number of methoxy groups -OCH3 is 1. The summed E-state index contributed by atoms with van der Waals surface area (Å²) in [6.07, 6.45) is 2.44. The van der Waals surface area contributed by atoms with Gasteiger partial charge in [-0.15, -0.1) is 11.8 Å². The quantitative estimate of drug-likeness (QED) is 0.351. The van der Waals surface area contributed by atoms with Gasteiger partial charge in [0.1, 0.15) is 17.1 Å². The van der Waals surface area contributed by atoms with Crippen molar-refractivity contribution in [3.8, 4) is 5.75 Å². The van der Waals surface area contributed by atoms with Gasteiger partial charge >= 0.3 is 0 Å². The lowest BCUT2D eigenvalue weighted by atomic mass is 10.2. The lowest BCUT2D eigenvalue weighted by Crippen LogP contribution is -2.40. The Bertz CT molecular complexity index is 847. The van der Waals surface area contributed by atoms with Gasteiger partial charge in [0.15, 0.2) is 9.84 Å². The first-order valence-electron chi connectivity index (χ1n) is 8.99. The molecule has 1 fully saturated rings. The molecule has 1 aliphatic rings. The Morgan fingerprint density at radius 1 is 1.19 bits per heavy atom. The molecule has 1 aliphatic heterocycles. The molecule has 0 bridgehead atoms. The minimum absolute atomic E-state index is 0.267. The maximum atomic E-state index is 11.4. The van der Waals surface area contributed by atoms with Gasteiger partial charge in [-0.05, 0) is 18.6 Å². The Hall–Kier alpha value is -1.42. The van der Waals surface area contributed by atoms with Crippen molar-refractivity contribution in [2.75, 3.05) is 57.2 Å². The molecule has 3 rings (SSSR count). The Kier molecular flexibility index (Phi) is 7.28. The first kappa shape index (κ1) is 20.3. The summed E-state index contributed by atoms with van der Waals surface area (Å²) in [5, 5.41) is 1.96. The first-order valence-corrected chi connectivity index (χ1v) is 11.8. The highest BCUT2D eigenvalue weighted by Gasteiger charge is 2.20. The van der Waals surface area contributed by atoms with Crippen molar-refractivity contribution in [2.24, 2.45) is 0 Å². The predicted octanol–water partition coefficient (Wildman–Crippen LogP) is 1.87. The van der Waals surface area contributed by atoms with Gasteiger partial charge in [0.2, 0.25) is 0 Å². The molecule has 148 valence electrons. The monoisotopic (exact) mass is 411 g/mol. The molecule has 2 heterocycles. The summed E-state index contributed by atoms with van der Waals surface area (Å²) in [4.78, 5) is 10.9. The maximum Gasteiger partial charge on any atom is 0.152 e. The van der Waals surface area contributed by atoms with Gasteiger partial charge in [-0.1, -0.05) is 0 Å². The molecule has 0 unspecified atom stereocenters. The molecule has 0 aliphatic carbocycles. The van der Waals surface area contributed by atoms with E-state index in [1.165, 1.54) is 0 Å². The van der Waals surface area contributed by atoms with Crippen LogP contribution in [0.15, 0.2) is 29.6 Å². The van der Waals surface area contributed by atoms with Crippen molar-refractivity contribution in [2.45, 2.75) is 11.4 Å². The number of nitrogens with zero attached hydrogens (tertiary/aromatic N) is 3. The Balaban J connectivity index is 1.49. The van der Waals surface area contributed by atoms with Gasteiger partial charge in [-0.25, -0.2) is 18.4 Å². The summed E-state index contributed by atoms with van der Waals surface area (Å²) in [5.74, 6) is 2.17. The highest BCUT2D eigenvalue weighted by Crippen LogP contribution is 2.27. The molecule has 0 spiro atoms. The van der Waals surface area contributed by atoms with Crippen molar-refractivity contribution in [3.63, 3.8) is 0 Å². The number of sulfone groups is 1. The molecule has 0 atom stereocenters. The van der Waals surface area contributed by atoms with E-state index in [1.807, 2.05) is 18.2 Å². The molecule has 0 amide bonds. The predicted molar refractivity (Wildman–Crippen MR) is 107 cm³/mol. The van der Waals surface area contributed by atoms with Crippen LogP contribution in [0.5, 0.6) is 5.75 Å². The molecular formula is C18H25N3O4S2. The number of benzene rings is 1. The zero-order valence-corrected chi connectivity index (χ0v) is 17.1. The van der Waals surface area contributed by atoms with Crippen LogP contribution >= 0.6 is 11.8 Å². The van der Waals surface area contributed by atoms with Crippen LogP contribution in [0.2, 0.25) is 0 Å². The minimum Gasteiger partial charge on any atom is -0.493 e. The Morgan fingerprint density at radius 3 is 2.78 bits per heavy atom. The number of aromatic nitrogens is 2. The van der Waals surface area contributed by atoms with Crippen LogP contribution in [-0.2, 0) is 14.6 Å². The van der Waals surface area contributed by atoms with E-state index in [1.54, 1.807) is 25.2 Å². The summed E-state index contributed by atoms with van der Waals surface area (Å²) in [5.41, 5.74) is 0.864. The average Bonchev–Trinajstić information content (AvgIpc) is 2.66. The summed E-state index contributed by atoms with van der Waals surface area (Å²) in [6, 6.07) is 5.87. The third-order valence-electron chi connectivity index (χ3n) is 4.42. The van der Waals surface area contributed by atoms with E-state index in [0.29, 0.717) is 26.3 Å². The zero-order chi connectivity index (χ0) is 19.1. The maximum absolute atomic E-state index is 11.4. The van der Waals surface area contributed by atoms with Crippen LogP contribution in [0.4, 0.5) is 0 Å². The van der Waals surface area contributed by atoms with Crippen LogP contribution in [0, 0.1) is 0 Å². The third-order valence-corrected chi connectivity index (χ3v) is 7.00. The molecular weight excluding hydrogens is 386 g/mol. The van der Waals surface area contributed by atoms with E-state index in [-0.39, 0.29) is 11.5 Å². The standard InChI is InChI=1S/C18H25N3O4S2/c1-24-9-10-26-18-16-4-3-15(13-17(16)19-14-20-18)25-8-2-5-21-6-11-27(22,23)12-7-21/h3-4,13-14H,2,5-12H2,1H3. The molecule has 0 saturated carbocycles. The number of ether oxygens (including phenoxy) is 2. The fourth-order valence-corrected chi connectivity index (χ4v) is 5.06. The summed E-state index contributed by atoms with van der Waals surface area (Å²) < 4.78 is 33.8. The third kappa shape index (κ3) is 6.03. The highest BCUT2D eigenvalue weighted by atomic mass is 32.2. The summed E-state index contributed by atoms with van der Waals surface area (Å²) >= 11 is 1.65. The fraction of sp³-hybridized carbons (Fsp3) is 0.556. The fourth-order valence-electron chi connectivity index (χ4n) is 2.89. The second-order valence-electron chi connectivity index (χ2n) is 6.39. The normalized spacial score (nSPS) is 17.2. The Morgan fingerprint density at radius 2 is 2.00 bits per heavy atom. The van der Waals surface area contributed by atoms with Crippen molar-refractivity contribution in [1.29, 1.82) is 0 Å². The minimum atomic E-state index is -2.81. The number of thioether (sulfide) groups is 1. The average molecular weight is 412 g/mol. The van der Waals surface area contributed by atoms with Crippen LogP contribution in [-0.4, -0.2) is 80.5 Å². The van der Waals surface area contributed by atoms with Gasteiger partial charge in [-0.2, -0.15) is 0 Å². The van der Waals surface area contributed by atoms with Gasteiger partial charge in [0, 0.05) is 43.9 Å². The van der Waals surface area contributed by atoms with E-state index in [4.69, 9.17) is 9.47 Å². The molecule has 0 N–H and O–H groups in total. The number of rotatable bonds is 9. The smallest absolute Gasteiger partial charge is 0.152 e. The van der Waals surface area contributed by atoms with E-state index in [9.17, 15) is 8.42 Å². The Labute approximate surface area is 164 Å². The van der Waals surface area contributed by atoms with E-state index >= 15 is 0 Å². The van der Waals surface area contributed by atoms with E-state index < -0.39 is 9.84 Å². The highest BCUT2D eigenvalue weighted by molar-refractivity contribution is 7.99. The topological polar surface area (TPSA) is 81.6 Å². The molecule has 1 aromatic heterocycles. The number of fused-ring (bicyclic) bond motifs is 1. The van der Waals surface area contributed by atoms with E-state index in [0.717, 1.165) is 40.4 Å². The number of hydrogen-bond donors (Lipinski definition) is 0. The van der Waals surface area contributed by atoms with Crippen LogP contribution in [0.1, 0.15) is 6.42 Å². The molecule has 1 saturated heterocycles. The number of hydrogen-bond acceptors (Lipinski definition) is 8. The summed E-state index contributed by atoms with van der Waals surface area (Å²) in [6.45, 7) is 3.37. The molecule has 1 aromatic carbocycles. The van der Waals surface area contributed by atoms with Crippen molar-refractivity contribution in [3.05, 3.63) is 24.5 Å². The van der Waals surface area contributed by atoms with Crippen molar-refractivity contribution >= 4 is 32.5 Å². The first-order chi connectivity index (χ1) is 13.1. The SMILES string of the molecule is COCCSc1ncnc2cc(OCCCN3CCS(=O)(=O)CC3)ccc12. The summed E-state index contributed by atoms with van der Waals surface area (Å²) in [7, 11) is -1.12. The van der Waals surface area contributed by atoms with Gasteiger partial charge < -0.3 is 14.4 Å². The van der Waals surface area contributed by atoms with Gasteiger partial charge in [0.05, 0.1) is 30.2 Å². The van der Waals surface area contributed by atoms with Crippen LogP contribution in [0.3, 0.4) is 0 Å². The lowest BCUT2D eigenvalue weighted by Gasteiger charge is -2.26. The second kappa shape index (κ2) is 9.68. The zero-order valence-electron chi connectivity index (χ0n) is 15.5. The molecule has 0 radical (unpaired) electrons. The molecule has 27 heavy (non-hydrogen) atoms.